The summed E-state index contributed by atoms with van der Waals surface area (Å²) in [6.07, 6.45) is 7.22. The first kappa shape index (κ1) is 10.4. The maximum absolute atomic E-state index is 11.8. The average Bonchev–Trinajstić information content (AvgIpc) is 2.60. The Morgan fingerprint density at radius 1 is 1.44 bits per heavy atom. The van der Waals surface area contributed by atoms with Gasteiger partial charge in [0.05, 0.1) is 5.92 Å². The number of fused-ring (bicyclic) bond motifs is 3. The van der Waals surface area contributed by atoms with Crippen molar-refractivity contribution < 1.29 is 9.53 Å². The van der Waals surface area contributed by atoms with Crippen LogP contribution in [0.1, 0.15) is 39.5 Å². The van der Waals surface area contributed by atoms with Gasteiger partial charge in [-0.05, 0) is 42.1 Å². The summed E-state index contributed by atoms with van der Waals surface area (Å²) in [6, 6.07) is 0. The van der Waals surface area contributed by atoms with E-state index >= 15 is 0 Å². The molecule has 1 aliphatic heterocycles. The molecule has 1 saturated carbocycles. The highest BCUT2D eigenvalue weighted by atomic mass is 16.5. The maximum atomic E-state index is 11.8. The Morgan fingerprint density at radius 2 is 2.25 bits per heavy atom. The van der Waals surface area contributed by atoms with Crippen LogP contribution in [0.3, 0.4) is 0 Å². The average molecular weight is 220 g/mol. The highest BCUT2D eigenvalue weighted by Crippen LogP contribution is 2.53. The Labute approximate surface area is 97.1 Å². The van der Waals surface area contributed by atoms with Gasteiger partial charge in [0.15, 0.2) is 0 Å². The number of carbonyl (C=O) groups is 1. The van der Waals surface area contributed by atoms with Crippen LogP contribution in [0.2, 0.25) is 0 Å². The fraction of sp³-hybridized carbons (Fsp3) is 0.786. The largest absolute Gasteiger partial charge is 0.461 e. The van der Waals surface area contributed by atoms with E-state index in [1.54, 1.807) is 0 Å². The molecule has 0 bridgehead atoms. The van der Waals surface area contributed by atoms with Gasteiger partial charge in [0.25, 0.3) is 0 Å². The number of hydrogen-bond donors (Lipinski definition) is 0. The normalized spacial score (nSPS) is 40.8. The van der Waals surface area contributed by atoms with Gasteiger partial charge in [-0.1, -0.05) is 26.3 Å². The van der Waals surface area contributed by atoms with Crippen molar-refractivity contribution in [3.05, 3.63) is 11.6 Å². The number of carbonyl (C=O) groups excluding carboxylic acids is 1. The second-order valence-electron chi connectivity index (χ2n) is 6.25. The molecule has 3 atom stereocenters. The fourth-order valence-corrected chi connectivity index (χ4v) is 4.05. The van der Waals surface area contributed by atoms with Gasteiger partial charge in [-0.25, -0.2) is 0 Å². The summed E-state index contributed by atoms with van der Waals surface area (Å²) >= 11 is 0. The lowest BCUT2D eigenvalue weighted by Crippen LogP contribution is -2.41. The Kier molecular flexibility index (Phi) is 2.17. The Bertz CT molecular complexity index is 354. The minimum Gasteiger partial charge on any atom is -0.461 e. The number of esters is 1. The molecule has 0 aromatic carbocycles. The number of allylic oxidation sites excluding steroid dienone is 1. The quantitative estimate of drug-likeness (QED) is 0.463. The first-order chi connectivity index (χ1) is 7.59. The first-order valence-electron chi connectivity index (χ1n) is 6.45. The standard InChI is InChI=1S/C14H20O2/c1-14(2)7-3-4-10-11(14)6-5-9-8-16-13(15)12(9)10/h5,10-12H,3-4,6-8H2,1-2H3. The predicted octanol–water partition coefficient (Wildman–Crippen LogP) is 2.93. The van der Waals surface area contributed by atoms with Crippen LogP contribution in [-0.2, 0) is 9.53 Å². The van der Waals surface area contributed by atoms with E-state index in [-0.39, 0.29) is 11.9 Å². The van der Waals surface area contributed by atoms with Gasteiger partial charge in [-0.3, -0.25) is 4.79 Å². The van der Waals surface area contributed by atoms with Crippen LogP contribution in [0.4, 0.5) is 0 Å². The molecule has 1 heterocycles. The van der Waals surface area contributed by atoms with E-state index in [0.717, 1.165) is 6.42 Å². The summed E-state index contributed by atoms with van der Waals surface area (Å²) in [4.78, 5) is 11.8. The van der Waals surface area contributed by atoms with Crippen molar-refractivity contribution in [2.45, 2.75) is 39.5 Å². The summed E-state index contributed by atoms with van der Waals surface area (Å²) in [5.74, 6) is 1.39. The topological polar surface area (TPSA) is 26.3 Å². The second-order valence-corrected chi connectivity index (χ2v) is 6.25. The molecule has 1 saturated heterocycles. The number of rotatable bonds is 0. The lowest BCUT2D eigenvalue weighted by Gasteiger charge is -2.47. The van der Waals surface area contributed by atoms with E-state index in [0.29, 0.717) is 23.9 Å². The Balaban J connectivity index is 1.96. The molecule has 2 aliphatic carbocycles. The van der Waals surface area contributed by atoms with Gasteiger partial charge in [0, 0.05) is 0 Å². The first-order valence-corrected chi connectivity index (χ1v) is 6.45. The van der Waals surface area contributed by atoms with Crippen molar-refractivity contribution >= 4 is 5.97 Å². The maximum Gasteiger partial charge on any atom is 0.313 e. The van der Waals surface area contributed by atoms with Crippen LogP contribution in [0.5, 0.6) is 0 Å². The molecule has 2 fully saturated rings. The zero-order valence-corrected chi connectivity index (χ0v) is 10.2. The van der Waals surface area contributed by atoms with Crippen LogP contribution < -0.4 is 0 Å². The molecule has 0 aromatic rings. The van der Waals surface area contributed by atoms with Crippen molar-refractivity contribution in [2.24, 2.45) is 23.2 Å². The molecule has 0 N–H and O–H groups in total. The van der Waals surface area contributed by atoms with Crippen molar-refractivity contribution in [2.75, 3.05) is 6.61 Å². The minimum absolute atomic E-state index is 0.0404. The van der Waals surface area contributed by atoms with E-state index in [9.17, 15) is 4.79 Å². The summed E-state index contributed by atoms with van der Waals surface area (Å²) in [5, 5.41) is 0. The van der Waals surface area contributed by atoms with Crippen molar-refractivity contribution in [3.63, 3.8) is 0 Å². The SMILES string of the molecule is CC1(C)CCCC2C3C(=O)OCC3=CCC21. The molecule has 0 aromatic heterocycles. The third-order valence-electron chi connectivity index (χ3n) is 4.98. The van der Waals surface area contributed by atoms with Crippen LogP contribution in [0.25, 0.3) is 0 Å². The molecule has 2 heteroatoms. The molecule has 16 heavy (non-hydrogen) atoms. The molecule has 2 nitrogen and oxygen atoms in total. The van der Waals surface area contributed by atoms with Crippen LogP contribution in [0, 0.1) is 23.2 Å². The Morgan fingerprint density at radius 3 is 3.06 bits per heavy atom. The van der Waals surface area contributed by atoms with Gasteiger partial charge in [-0.2, -0.15) is 0 Å². The van der Waals surface area contributed by atoms with E-state index in [2.05, 4.69) is 19.9 Å². The van der Waals surface area contributed by atoms with E-state index < -0.39 is 0 Å². The predicted molar refractivity (Wildman–Crippen MR) is 61.8 cm³/mol. The second kappa shape index (κ2) is 3.35. The van der Waals surface area contributed by atoms with Crippen LogP contribution in [-0.4, -0.2) is 12.6 Å². The van der Waals surface area contributed by atoms with Gasteiger partial charge >= 0.3 is 5.97 Å². The molecule has 0 radical (unpaired) electrons. The number of hydrogen-bond acceptors (Lipinski definition) is 2. The number of ether oxygens (including phenoxy) is 1. The fourth-order valence-electron chi connectivity index (χ4n) is 4.05. The van der Waals surface area contributed by atoms with E-state index in [1.807, 2.05) is 0 Å². The molecule has 3 aliphatic rings. The zero-order chi connectivity index (χ0) is 11.3. The highest BCUT2D eigenvalue weighted by Gasteiger charge is 2.49. The van der Waals surface area contributed by atoms with E-state index in [4.69, 9.17) is 4.74 Å². The molecular formula is C14H20O2. The summed E-state index contributed by atoms with van der Waals surface area (Å²) in [5.41, 5.74) is 1.66. The monoisotopic (exact) mass is 220 g/mol. The lowest BCUT2D eigenvalue weighted by molar-refractivity contribution is -0.144. The summed E-state index contributed by atoms with van der Waals surface area (Å²) in [6.45, 7) is 5.29. The van der Waals surface area contributed by atoms with Crippen LogP contribution >= 0.6 is 0 Å². The van der Waals surface area contributed by atoms with Crippen LogP contribution in [0.15, 0.2) is 11.6 Å². The van der Waals surface area contributed by atoms with Crippen molar-refractivity contribution in [1.82, 2.24) is 0 Å². The van der Waals surface area contributed by atoms with Crippen molar-refractivity contribution in [1.29, 1.82) is 0 Å². The van der Waals surface area contributed by atoms with Crippen molar-refractivity contribution in [3.8, 4) is 0 Å². The van der Waals surface area contributed by atoms with Gasteiger partial charge in [0.2, 0.25) is 0 Å². The minimum atomic E-state index is 0.0404. The third-order valence-corrected chi connectivity index (χ3v) is 4.98. The molecule has 0 amide bonds. The summed E-state index contributed by atoms with van der Waals surface area (Å²) in [7, 11) is 0. The molecule has 3 unspecified atom stereocenters. The van der Waals surface area contributed by atoms with Gasteiger partial charge in [0.1, 0.15) is 6.61 Å². The molecule has 88 valence electrons. The third kappa shape index (κ3) is 1.35. The zero-order valence-electron chi connectivity index (χ0n) is 10.2. The molecule has 3 rings (SSSR count). The van der Waals surface area contributed by atoms with Gasteiger partial charge < -0.3 is 4.74 Å². The van der Waals surface area contributed by atoms with Gasteiger partial charge in [-0.15, -0.1) is 0 Å². The Hall–Kier alpha value is -0.790. The molecular weight excluding hydrogens is 200 g/mol. The highest BCUT2D eigenvalue weighted by molar-refractivity contribution is 5.79. The number of cyclic esters (lactones) is 1. The molecule has 0 spiro atoms. The van der Waals surface area contributed by atoms with E-state index in [1.165, 1.54) is 24.8 Å². The lowest BCUT2D eigenvalue weighted by atomic mass is 9.56. The smallest absolute Gasteiger partial charge is 0.313 e. The summed E-state index contributed by atoms with van der Waals surface area (Å²) < 4.78 is 5.21.